The smallest absolute Gasteiger partial charge is 0.387 e. The van der Waals surface area contributed by atoms with E-state index in [4.69, 9.17) is 4.74 Å². The molecule has 0 unspecified atom stereocenters. The number of benzene rings is 2. The fourth-order valence-corrected chi connectivity index (χ4v) is 2.98. The first-order chi connectivity index (χ1) is 14.3. The minimum absolute atomic E-state index is 0.0607. The Morgan fingerprint density at radius 2 is 1.97 bits per heavy atom. The fraction of sp³-hybridized carbons (Fsp3) is 0.190. The zero-order valence-corrected chi connectivity index (χ0v) is 16.1. The van der Waals surface area contributed by atoms with E-state index in [0.29, 0.717) is 23.1 Å². The van der Waals surface area contributed by atoms with Crippen molar-refractivity contribution in [2.75, 3.05) is 7.11 Å². The first-order valence-corrected chi connectivity index (χ1v) is 8.93. The van der Waals surface area contributed by atoms with Crippen LogP contribution in [0.25, 0.3) is 23.2 Å². The number of carboxylic acid groups (broad SMARTS) is 1. The number of ether oxygens (including phenoxy) is 2. The van der Waals surface area contributed by atoms with Gasteiger partial charge in [0.25, 0.3) is 5.56 Å². The van der Waals surface area contributed by atoms with Crippen LogP contribution in [0.4, 0.5) is 8.78 Å². The summed E-state index contributed by atoms with van der Waals surface area (Å²) in [6.07, 6.45) is 3.05. The number of aromatic nitrogens is 2. The standard InChI is InChI=1S/C21H18F2N2O5/c1-3-25-16-8-6-13(20(27)28)11-15(16)24-14(19(25)26)7-4-12-5-9-17(30-21(22)23)18(10-12)29-2/h4-11,21H,3H2,1-2H3,(H,27,28)/b7-4+. The van der Waals surface area contributed by atoms with E-state index in [1.807, 2.05) is 0 Å². The molecule has 1 N–H and O–H groups in total. The zero-order chi connectivity index (χ0) is 21.8. The number of hydrogen-bond donors (Lipinski definition) is 1. The SMILES string of the molecule is CCn1c(=O)c(/C=C/c2ccc(OC(F)F)c(OC)c2)nc2cc(C(=O)O)ccc21. The van der Waals surface area contributed by atoms with E-state index >= 15 is 0 Å². The molecule has 0 radical (unpaired) electrons. The van der Waals surface area contributed by atoms with E-state index < -0.39 is 12.6 Å². The predicted octanol–water partition coefficient (Wildman–Crippen LogP) is 3.90. The van der Waals surface area contributed by atoms with Crippen LogP contribution in [-0.4, -0.2) is 34.3 Å². The molecule has 9 heteroatoms. The number of methoxy groups -OCH3 is 1. The second-order valence-electron chi connectivity index (χ2n) is 6.18. The second-order valence-corrected chi connectivity index (χ2v) is 6.18. The molecule has 0 saturated carbocycles. The topological polar surface area (TPSA) is 90.7 Å². The van der Waals surface area contributed by atoms with E-state index in [1.54, 1.807) is 19.1 Å². The molecule has 156 valence electrons. The van der Waals surface area contributed by atoms with Crippen LogP contribution in [0.3, 0.4) is 0 Å². The molecule has 1 aromatic heterocycles. The molecule has 1 heterocycles. The molecule has 2 aromatic carbocycles. The predicted molar refractivity (Wildman–Crippen MR) is 107 cm³/mol. The summed E-state index contributed by atoms with van der Waals surface area (Å²) in [4.78, 5) is 28.3. The van der Waals surface area contributed by atoms with Crippen LogP contribution in [0.1, 0.15) is 28.5 Å². The van der Waals surface area contributed by atoms with Crippen molar-refractivity contribution in [1.29, 1.82) is 0 Å². The summed E-state index contributed by atoms with van der Waals surface area (Å²) in [5.74, 6) is -1.09. The lowest BCUT2D eigenvalue weighted by Crippen LogP contribution is -2.23. The number of rotatable bonds is 7. The first-order valence-electron chi connectivity index (χ1n) is 8.93. The van der Waals surface area contributed by atoms with Crippen LogP contribution in [0.15, 0.2) is 41.2 Å². The van der Waals surface area contributed by atoms with Gasteiger partial charge in [-0.25, -0.2) is 9.78 Å². The van der Waals surface area contributed by atoms with E-state index in [-0.39, 0.29) is 28.3 Å². The Hall–Kier alpha value is -3.75. The molecule has 0 amide bonds. The van der Waals surface area contributed by atoms with Crippen molar-refractivity contribution in [2.45, 2.75) is 20.1 Å². The summed E-state index contributed by atoms with van der Waals surface area (Å²) in [5.41, 5.74) is 1.30. The van der Waals surface area contributed by atoms with Crippen LogP contribution in [0.2, 0.25) is 0 Å². The van der Waals surface area contributed by atoms with Gasteiger partial charge >= 0.3 is 12.6 Å². The minimum Gasteiger partial charge on any atom is -0.493 e. The molecule has 3 rings (SSSR count). The molecule has 3 aromatic rings. The number of carbonyl (C=O) groups is 1. The summed E-state index contributed by atoms with van der Waals surface area (Å²) >= 11 is 0. The van der Waals surface area contributed by atoms with Crippen molar-refractivity contribution in [3.63, 3.8) is 0 Å². The van der Waals surface area contributed by atoms with Crippen LogP contribution in [0, 0.1) is 0 Å². The monoisotopic (exact) mass is 416 g/mol. The van der Waals surface area contributed by atoms with E-state index in [2.05, 4.69) is 9.72 Å². The third-order valence-electron chi connectivity index (χ3n) is 4.37. The number of aromatic carboxylic acids is 1. The van der Waals surface area contributed by atoms with Crippen molar-refractivity contribution >= 4 is 29.2 Å². The molecule has 0 fully saturated rings. The molecule has 0 atom stereocenters. The van der Waals surface area contributed by atoms with Crippen LogP contribution in [-0.2, 0) is 6.54 Å². The molecule has 7 nitrogen and oxygen atoms in total. The van der Waals surface area contributed by atoms with E-state index in [0.717, 1.165) is 0 Å². The Morgan fingerprint density at radius 3 is 2.60 bits per heavy atom. The molecule has 30 heavy (non-hydrogen) atoms. The highest BCUT2D eigenvalue weighted by Gasteiger charge is 2.12. The lowest BCUT2D eigenvalue weighted by atomic mass is 10.1. The Balaban J connectivity index is 2.04. The number of hydrogen-bond acceptors (Lipinski definition) is 5. The molecule has 0 spiro atoms. The van der Waals surface area contributed by atoms with Crippen LogP contribution >= 0.6 is 0 Å². The Kier molecular flexibility index (Phi) is 6.10. The van der Waals surface area contributed by atoms with Crippen LogP contribution in [0.5, 0.6) is 11.5 Å². The van der Waals surface area contributed by atoms with E-state index in [9.17, 15) is 23.5 Å². The van der Waals surface area contributed by atoms with Crippen LogP contribution < -0.4 is 15.0 Å². The second kappa shape index (κ2) is 8.73. The van der Waals surface area contributed by atoms with Gasteiger partial charge < -0.3 is 19.1 Å². The van der Waals surface area contributed by atoms with Gasteiger partial charge in [0.2, 0.25) is 0 Å². The number of alkyl halides is 2. The van der Waals surface area contributed by atoms with Crippen molar-refractivity contribution in [2.24, 2.45) is 0 Å². The average Bonchev–Trinajstić information content (AvgIpc) is 2.72. The third kappa shape index (κ3) is 4.29. The molecule has 0 saturated heterocycles. The highest BCUT2D eigenvalue weighted by Crippen LogP contribution is 2.30. The number of fused-ring (bicyclic) bond motifs is 1. The third-order valence-corrected chi connectivity index (χ3v) is 4.37. The van der Waals surface area contributed by atoms with Crippen molar-refractivity contribution in [3.05, 3.63) is 63.6 Å². The number of aryl methyl sites for hydroxylation is 1. The highest BCUT2D eigenvalue weighted by atomic mass is 19.3. The van der Waals surface area contributed by atoms with Gasteiger partial charge in [-0.15, -0.1) is 0 Å². The number of nitrogens with zero attached hydrogens (tertiary/aromatic N) is 2. The molecular weight excluding hydrogens is 398 g/mol. The van der Waals surface area contributed by atoms with Gasteiger partial charge in [0.15, 0.2) is 11.5 Å². The zero-order valence-electron chi connectivity index (χ0n) is 16.1. The van der Waals surface area contributed by atoms with Gasteiger partial charge in [-0.05, 0) is 48.9 Å². The fourth-order valence-electron chi connectivity index (χ4n) is 2.98. The summed E-state index contributed by atoms with van der Waals surface area (Å²) < 4.78 is 35.9. The normalized spacial score (nSPS) is 11.4. The Morgan fingerprint density at radius 1 is 1.20 bits per heavy atom. The summed E-state index contributed by atoms with van der Waals surface area (Å²) in [6.45, 7) is -0.810. The van der Waals surface area contributed by atoms with Crippen molar-refractivity contribution < 1.29 is 28.2 Å². The molecule has 0 aliphatic rings. The maximum absolute atomic E-state index is 12.8. The molecule has 0 aliphatic heterocycles. The number of halogens is 2. The number of carboxylic acids is 1. The maximum Gasteiger partial charge on any atom is 0.387 e. The van der Waals surface area contributed by atoms with Crippen molar-refractivity contribution in [3.8, 4) is 11.5 Å². The summed E-state index contributed by atoms with van der Waals surface area (Å²) in [6, 6.07) is 8.72. The van der Waals surface area contributed by atoms with E-state index in [1.165, 1.54) is 48.1 Å². The average molecular weight is 416 g/mol. The Labute approximate surface area is 169 Å². The summed E-state index contributed by atoms with van der Waals surface area (Å²) in [5, 5.41) is 9.19. The molecule has 0 aliphatic carbocycles. The van der Waals surface area contributed by atoms with Crippen molar-refractivity contribution in [1.82, 2.24) is 9.55 Å². The first kappa shape index (κ1) is 21.0. The van der Waals surface area contributed by atoms with Gasteiger partial charge in [0.1, 0.15) is 5.69 Å². The molecular formula is C21H18F2N2O5. The minimum atomic E-state index is -2.98. The maximum atomic E-state index is 12.8. The van der Waals surface area contributed by atoms with Gasteiger partial charge in [-0.2, -0.15) is 8.78 Å². The lowest BCUT2D eigenvalue weighted by molar-refractivity contribution is -0.0512. The summed E-state index contributed by atoms with van der Waals surface area (Å²) in [7, 11) is 1.33. The Bertz CT molecular complexity index is 1190. The highest BCUT2D eigenvalue weighted by molar-refractivity contribution is 5.92. The molecule has 0 bridgehead atoms. The van der Waals surface area contributed by atoms with Gasteiger partial charge in [-0.1, -0.05) is 12.1 Å². The van der Waals surface area contributed by atoms with Gasteiger partial charge in [0.05, 0.1) is 23.7 Å². The largest absolute Gasteiger partial charge is 0.493 e. The quantitative estimate of drug-likeness (QED) is 0.628. The van der Waals surface area contributed by atoms with Gasteiger partial charge in [-0.3, -0.25) is 4.79 Å². The lowest BCUT2D eigenvalue weighted by Gasteiger charge is -2.10. The van der Waals surface area contributed by atoms with Gasteiger partial charge in [0, 0.05) is 6.54 Å².